The van der Waals surface area contributed by atoms with Gasteiger partial charge in [0, 0.05) is 21.8 Å². The van der Waals surface area contributed by atoms with Crippen LogP contribution in [-0.4, -0.2) is 46.1 Å². The summed E-state index contributed by atoms with van der Waals surface area (Å²) in [6, 6.07) is 26.0. The molecule has 0 saturated carbocycles. The normalized spacial score (nSPS) is 11.3. The van der Waals surface area contributed by atoms with Gasteiger partial charge in [0.05, 0.1) is 24.9 Å². The number of nitrogens with two attached hydrogens (primary N) is 1. The van der Waals surface area contributed by atoms with Gasteiger partial charge in [0.2, 0.25) is 15.9 Å². The van der Waals surface area contributed by atoms with Crippen molar-refractivity contribution in [3.8, 4) is 11.5 Å². The van der Waals surface area contributed by atoms with Crippen molar-refractivity contribution in [1.29, 1.82) is 0 Å². The van der Waals surface area contributed by atoms with Gasteiger partial charge in [-0.15, -0.1) is 11.8 Å². The Balaban J connectivity index is 1.46. The summed E-state index contributed by atoms with van der Waals surface area (Å²) in [5, 5.41) is 13.3. The van der Waals surface area contributed by atoms with E-state index < -0.39 is 21.8 Å². The average Bonchev–Trinajstić information content (AvgIpc) is 3.03. The summed E-state index contributed by atoms with van der Waals surface area (Å²) >= 11 is 1.23. The number of hydrogen-bond acceptors (Lipinski definition) is 8. The van der Waals surface area contributed by atoms with Gasteiger partial charge in [-0.3, -0.25) is 14.4 Å². The molecule has 13 heteroatoms. The number of methoxy groups -OCH3 is 2. The molecule has 3 amide bonds. The molecule has 5 N–H and O–H groups in total. The fourth-order valence-electron chi connectivity index (χ4n) is 3.99. The van der Waals surface area contributed by atoms with Crippen molar-refractivity contribution in [1.82, 2.24) is 5.32 Å². The number of carbonyl (C=O) groups is 3. The van der Waals surface area contributed by atoms with Crippen molar-refractivity contribution >= 4 is 57.0 Å². The van der Waals surface area contributed by atoms with E-state index in [9.17, 15) is 22.8 Å². The molecule has 0 atom stereocenters. The highest BCUT2D eigenvalue weighted by Gasteiger charge is 2.16. The van der Waals surface area contributed by atoms with Crippen LogP contribution >= 0.6 is 11.8 Å². The summed E-state index contributed by atoms with van der Waals surface area (Å²) in [7, 11) is -0.818. The Bertz CT molecular complexity index is 1830. The van der Waals surface area contributed by atoms with Gasteiger partial charge in [-0.25, -0.2) is 13.6 Å². The zero-order valence-electron chi connectivity index (χ0n) is 24.3. The third-order valence-corrected chi connectivity index (χ3v) is 8.10. The summed E-state index contributed by atoms with van der Waals surface area (Å²) in [6.07, 6.45) is 1.52. The van der Waals surface area contributed by atoms with E-state index in [0.29, 0.717) is 38.9 Å². The van der Waals surface area contributed by atoms with Gasteiger partial charge in [0.15, 0.2) is 11.5 Å². The van der Waals surface area contributed by atoms with E-state index in [2.05, 4.69) is 16.0 Å². The molecule has 0 fully saturated rings. The van der Waals surface area contributed by atoms with Crippen molar-refractivity contribution in [3.63, 3.8) is 0 Å². The van der Waals surface area contributed by atoms with Crippen LogP contribution in [0.25, 0.3) is 6.08 Å². The van der Waals surface area contributed by atoms with E-state index in [1.54, 1.807) is 72.8 Å². The number of sulfonamides is 1. The lowest BCUT2D eigenvalue weighted by molar-refractivity contribution is -0.114. The molecule has 0 aliphatic rings. The Kier molecular flexibility index (Phi) is 11.0. The number of amides is 3. The minimum atomic E-state index is -3.83. The molecule has 232 valence electrons. The molecule has 11 nitrogen and oxygen atoms in total. The quantitative estimate of drug-likeness (QED) is 0.129. The van der Waals surface area contributed by atoms with Gasteiger partial charge < -0.3 is 25.4 Å². The van der Waals surface area contributed by atoms with Crippen LogP contribution in [-0.2, 0) is 19.6 Å². The lowest BCUT2D eigenvalue weighted by Gasteiger charge is -2.13. The number of benzene rings is 4. The van der Waals surface area contributed by atoms with E-state index in [0.717, 1.165) is 0 Å². The van der Waals surface area contributed by atoms with Crippen LogP contribution in [0.5, 0.6) is 11.5 Å². The maximum absolute atomic E-state index is 13.5. The molecule has 0 spiro atoms. The van der Waals surface area contributed by atoms with Crippen LogP contribution in [0.3, 0.4) is 0 Å². The fourth-order valence-corrected chi connectivity index (χ4v) is 5.26. The van der Waals surface area contributed by atoms with E-state index in [-0.39, 0.29) is 22.3 Å². The number of hydrogen-bond donors (Lipinski definition) is 4. The first-order valence-corrected chi connectivity index (χ1v) is 15.9. The van der Waals surface area contributed by atoms with Crippen LogP contribution in [0, 0.1) is 0 Å². The molecular weight excluding hydrogens is 617 g/mol. The van der Waals surface area contributed by atoms with E-state index in [4.69, 9.17) is 14.6 Å². The predicted molar refractivity (Wildman–Crippen MR) is 174 cm³/mol. The number of ether oxygens (including phenoxy) is 2. The number of nitrogens with one attached hydrogen (secondary N) is 3. The first-order chi connectivity index (χ1) is 21.5. The van der Waals surface area contributed by atoms with E-state index in [1.807, 2.05) is 0 Å². The Morgan fingerprint density at radius 3 is 2.18 bits per heavy atom. The summed E-state index contributed by atoms with van der Waals surface area (Å²) < 4.78 is 33.5. The van der Waals surface area contributed by atoms with E-state index >= 15 is 0 Å². The van der Waals surface area contributed by atoms with Crippen LogP contribution in [0.15, 0.2) is 113 Å². The van der Waals surface area contributed by atoms with Gasteiger partial charge >= 0.3 is 0 Å². The number of rotatable bonds is 12. The molecular formula is C32H30N4O7S2. The van der Waals surface area contributed by atoms with Crippen LogP contribution < -0.4 is 30.6 Å². The predicted octanol–water partition coefficient (Wildman–Crippen LogP) is 4.49. The van der Waals surface area contributed by atoms with Crippen molar-refractivity contribution in [2.45, 2.75) is 9.79 Å². The van der Waals surface area contributed by atoms with E-state index in [1.165, 1.54) is 56.3 Å². The molecule has 0 aromatic heterocycles. The molecule has 0 aliphatic heterocycles. The minimum Gasteiger partial charge on any atom is -0.493 e. The van der Waals surface area contributed by atoms with Crippen LogP contribution in [0.4, 0.5) is 11.4 Å². The number of thioether (sulfide) groups is 1. The SMILES string of the molecule is COc1ccc(/C=C(/NC(=O)c2ccccc2)C(=O)Nc2cccc(SCC(=O)Nc3ccc(S(N)(=O)=O)cc3)c2)cc1OC. The molecule has 0 heterocycles. The zero-order chi connectivity index (χ0) is 32.4. The maximum Gasteiger partial charge on any atom is 0.272 e. The number of carbonyl (C=O) groups excluding carboxylic acids is 3. The van der Waals surface area contributed by atoms with Crippen molar-refractivity contribution < 1.29 is 32.3 Å². The maximum atomic E-state index is 13.5. The van der Waals surface area contributed by atoms with Gasteiger partial charge in [-0.1, -0.05) is 30.3 Å². The van der Waals surface area contributed by atoms with Gasteiger partial charge in [-0.2, -0.15) is 0 Å². The molecule has 45 heavy (non-hydrogen) atoms. The lowest BCUT2D eigenvalue weighted by atomic mass is 10.1. The fraction of sp³-hybridized carbons (Fsp3) is 0.0938. The zero-order valence-corrected chi connectivity index (χ0v) is 25.9. The molecule has 0 aliphatic carbocycles. The van der Waals surface area contributed by atoms with Crippen molar-refractivity contribution in [2.75, 3.05) is 30.6 Å². The monoisotopic (exact) mass is 646 g/mol. The molecule has 4 rings (SSSR count). The van der Waals surface area contributed by atoms with Crippen LogP contribution in [0.2, 0.25) is 0 Å². The second-order valence-corrected chi connectivity index (χ2v) is 12.0. The van der Waals surface area contributed by atoms with Crippen LogP contribution in [0.1, 0.15) is 15.9 Å². The summed E-state index contributed by atoms with van der Waals surface area (Å²) in [6.45, 7) is 0. The topological polar surface area (TPSA) is 166 Å². The molecule has 0 unspecified atom stereocenters. The highest BCUT2D eigenvalue weighted by molar-refractivity contribution is 8.00. The summed E-state index contributed by atoms with van der Waals surface area (Å²) in [4.78, 5) is 39.6. The standard InChI is InChI=1S/C32H30N4O7S2/c1-42-28-16-11-21(18-29(28)43-2)17-27(36-31(38)22-7-4-3-5-8-22)32(39)35-24-9-6-10-25(19-24)44-20-30(37)34-23-12-14-26(15-13-23)45(33,40)41/h3-19H,20H2,1-2H3,(H,34,37)(H,35,39)(H,36,38)(H2,33,40,41)/b27-17+. The Morgan fingerprint density at radius 2 is 1.51 bits per heavy atom. The summed E-state index contributed by atoms with van der Waals surface area (Å²) in [5.41, 5.74) is 1.81. The second kappa shape index (κ2) is 15.1. The Labute approximate surface area is 264 Å². The molecule has 4 aromatic carbocycles. The third kappa shape index (κ3) is 9.44. The van der Waals surface area contributed by atoms with Crippen molar-refractivity contribution in [2.24, 2.45) is 5.14 Å². The van der Waals surface area contributed by atoms with Crippen molar-refractivity contribution in [3.05, 3.63) is 114 Å². The van der Waals surface area contributed by atoms with Gasteiger partial charge in [0.1, 0.15) is 5.70 Å². The Morgan fingerprint density at radius 1 is 0.800 bits per heavy atom. The number of anilines is 2. The molecule has 4 aromatic rings. The molecule has 0 bridgehead atoms. The summed E-state index contributed by atoms with van der Waals surface area (Å²) in [5.74, 6) is -0.344. The first kappa shape index (κ1) is 32.8. The second-order valence-electron chi connectivity index (χ2n) is 9.38. The largest absolute Gasteiger partial charge is 0.493 e. The van der Waals surface area contributed by atoms with Gasteiger partial charge in [0.25, 0.3) is 11.8 Å². The third-order valence-electron chi connectivity index (χ3n) is 6.18. The smallest absolute Gasteiger partial charge is 0.272 e. The average molecular weight is 647 g/mol. The number of primary sulfonamides is 1. The van der Waals surface area contributed by atoms with Gasteiger partial charge in [-0.05, 0) is 78.4 Å². The Hall–Kier alpha value is -5.11. The highest BCUT2D eigenvalue weighted by atomic mass is 32.2. The first-order valence-electron chi connectivity index (χ1n) is 13.3. The lowest BCUT2D eigenvalue weighted by Crippen LogP contribution is -2.30. The molecule has 0 radical (unpaired) electrons. The minimum absolute atomic E-state index is 0.0121. The molecule has 0 saturated heterocycles. The highest BCUT2D eigenvalue weighted by Crippen LogP contribution is 2.29.